The Hall–Kier alpha value is -3.60. The summed E-state index contributed by atoms with van der Waals surface area (Å²) >= 11 is 6.54. The highest BCUT2D eigenvalue weighted by molar-refractivity contribution is 6.32. The molecule has 2 atom stereocenters. The number of aliphatic carboxylic acids is 1. The second-order valence-corrected chi connectivity index (χ2v) is 10.1. The van der Waals surface area contributed by atoms with Crippen LogP contribution in [-0.4, -0.2) is 35.4 Å². The fourth-order valence-electron chi connectivity index (χ4n) is 5.22. The number of carbonyl (C=O) groups is 1. The second kappa shape index (κ2) is 12.1. The first-order valence-electron chi connectivity index (χ1n) is 13.0. The van der Waals surface area contributed by atoms with Crippen LogP contribution in [0, 0.1) is 17.7 Å². The molecule has 2 aliphatic rings. The third kappa shape index (κ3) is 6.19. The van der Waals surface area contributed by atoms with E-state index in [-0.39, 0.29) is 18.3 Å². The van der Waals surface area contributed by atoms with Gasteiger partial charge in [-0.15, -0.1) is 5.92 Å². The maximum absolute atomic E-state index is 15.1. The van der Waals surface area contributed by atoms with Crippen molar-refractivity contribution in [1.82, 2.24) is 4.98 Å². The Morgan fingerprint density at radius 1 is 1.18 bits per heavy atom. The topological polar surface area (TPSA) is 77.9 Å². The third-order valence-electron chi connectivity index (χ3n) is 7.11. The Labute approximate surface area is 232 Å². The molecule has 2 heterocycles. The number of fused-ring (bicyclic) bond motifs is 1. The summed E-state index contributed by atoms with van der Waals surface area (Å²) < 4.78 is 32.7. The molecule has 5 rings (SSSR count). The van der Waals surface area contributed by atoms with E-state index in [1.165, 1.54) is 6.07 Å². The van der Waals surface area contributed by atoms with E-state index in [1.807, 2.05) is 18.2 Å². The zero-order valence-electron chi connectivity index (χ0n) is 21.6. The van der Waals surface area contributed by atoms with Crippen LogP contribution in [0.1, 0.15) is 61.3 Å². The number of carboxylic acid groups (broad SMARTS) is 1. The number of nitrogens with zero attached hydrogens (tertiary/aromatic N) is 1. The maximum atomic E-state index is 15.1. The van der Waals surface area contributed by atoms with Gasteiger partial charge in [0.1, 0.15) is 28.8 Å². The lowest BCUT2D eigenvalue weighted by molar-refractivity contribution is -0.137. The summed E-state index contributed by atoms with van der Waals surface area (Å²) in [5.74, 6) is 5.10. The number of ether oxygens (including phenoxy) is 3. The lowest BCUT2D eigenvalue weighted by atomic mass is 9.96. The lowest BCUT2D eigenvalue weighted by Crippen LogP contribution is -2.26. The summed E-state index contributed by atoms with van der Waals surface area (Å²) in [6.45, 7) is 3.01. The van der Waals surface area contributed by atoms with E-state index in [0.717, 1.165) is 35.1 Å². The van der Waals surface area contributed by atoms with Gasteiger partial charge in [-0.3, -0.25) is 4.79 Å². The van der Waals surface area contributed by atoms with E-state index in [2.05, 4.69) is 16.8 Å². The Kier molecular flexibility index (Phi) is 8.35. The van der Waals surface area contributed by atoms with Gasteiger partial charge in [0.2, 0.25) is 5.88 Å². The minimum absolute atomic E-state index is 0.0271. The number of rotatable bonds is 8. The zero-order valence-corrected chi connectivity index (χ0v) is 22.3. The molecular formula is C31H29ClFNO5. The van der Waals surface area contributed by atoms with Crippen LogP contribution in [0.3, 0.4) is 0 Å². The summed E-state index contributed by atoms with van der Waals surface area (Å²) in [4.78, 5) is 15.7. The zero-order chi connectivity index (χ0) is 27.4. The van der Waals surface area contributed by atoms with E-state index in [0.29, 0.717) is 48.3 Å². The van der Waals surface area contributed by atoms with Gasteiger partial charge in [0.05, 0.1) is 25.6 Å². The SMILES string of the molecule is CC#C[C@@H](CC(=O)O)c1ccc(O[C@@H]2CCc3c(-c4cnc(OC5CCOCC5)c(Cl)c4)ccc(F)c32)cc1. The molecule has 0 bridgehead atoms. The van der Waals surface area contributed by atoms with Crippen LogP contribution in [-0.2, 0) is 16.0 Å². The fourth-order valence-corrected chi connectivity index (χ4v) is 5.43. The van der Waals surface area contributed by atoms with Crippen molar-refractivity contribution >= 4 is 17.6 Å². The van der Waals surface area contributed by atoms with Crippen molar-refractivity contribution in [3.8, 4) is 34.6 Å². The van der Waals surface area contributed by atoms with Crippen molar-refractivity contribution in [1.29, 1.82) is 0 Å². The lowest BCUT2D eigenvalue weighted by Gasteiger charge is -2.23. The molecule has 6 nitrogen and oxygen atoms in total. The summed E-state index contributed by atoms with van der Waals surface area (Å²) in [5.41, 5.74) is 3.88. The number of pyridine rings is 1. The molecule has 1 saturated heterocycles. The van der Waals surface area contributed by atoms with Crippen LogP contribution in [0.25, 0.3) is 11.1 Å². The largest absolute Gasteiger partial charge is 0.486 e. The van der Waals surface area contributed by atoms with E-state index in [1.54, 1.807) is 31.3 Å². The van der Waals surface area contributed by atoms with Crippen molar-refractivity contribution in [2.45, 2.75) is 57.2 Å². The van der Waals surface area contributed by atoms with Gasteiger partial charge in [0.25, 0.3) is 0 Å². The molecule has 0 spiro atoms. The van der Waals surface area contributed by atoms with E-state index in [4.69, 9.17) is 25.8 Å². The number of benzene rings is 2. The van der Waals surface area contributed by atoms with Gasteiger partial charge < -0.3 is 19.3 Å². The summed E-state index contributed by atoms with van der Waals surface area (Å²) in [7, 11) is 0. The first-order valence-corrected chi connectivity index (χ1v) is 13.4. The number of aromatic nitrogens is 1. The van der Waals surface area contributed by atoms with Crippen molar-refractivity contribution in [3.63, 3.8) is 0 Å². The standard InChI is InChI=1S/C31H29ClFNO5/c1-2-3-20(17-29(35)36)19-4-6-22(7-5-19)38-28-11-9-25-24(8-10-27(33)30(25)28)21-16-26(32)31(34-18-21)39-23-12-14-37-15-13-23/h4-8,10,16,18,20,23,28H,9,11-15,17H2,1H3,(H,35,36)/t20-,28+/m0/s1. The van der Waals surface area contributed by atoms with Crippen LogP contribution in [0.5, 0.6) is 11.6 Å². The first-order chi connectivity index (χ1) is 18.9. The third-order valence-corrected chi connectivity index (χ3v) is 7.38. The number of halogens is 2. The minimum Gasteiger partial charge on any atom is -0.486 e. The predicted octanol–water partition coefficient (Wildman–Crippen LogP) is 6.75. The molecular weight excluding hydrogens is 521 g/mol. The molecule has 1 aliphatic carbocycles. The Morgan fingerprint density at radius 2 is 1.95 bits per heavy atom. The fraction of sp³-hybridized carbons (Fsp3) is 0.355. The molecule has 202 valence electrons. The van der Waals surface area contributed by atoms with Crippen molar-refractivity contribution < 1.29 is 28.5 Å². The smallest absolute Gasteiger partial charge is 0.304 e. The summed E-state index contributed by atoms with van der Waals surface area (Å²) in [5, 5.41) is 9.60. The average Bonchev–Trinajstić information content (AvgIpc) is 3.35. The maximum Gasteiger partial charge on any atom is 0.304 e. The van der Waals surface area contributed by atoms with Crippen molar-refractivity contribution in [2.75, 3.05) is 13.2 Å². The van der Waals surface area contributed by atoms with E-state index in [9.17, 15) is 9.90 Å². The van der Waals surface area contributed by atoms with Gasteiger partial charge in [-0.1, -0.05) is 35.7 Å². The highest BCUT2D eigenvalue weighted by atomic mass is 35.5. The minimum atomic E-state index is -0.908. The first kappa shape index (κ1) is 27.0. The Balaban J connectivity index is 1.34. The summed E-state index contributed by atoms with van der Waals surface area (Å²) in [6.07, 6.45) is 4.08. The van der Waals surface area contributed by atoms with Gasteiger partial charge >= 0.3 is 5.97 Å². The highest BCUT2D eigenvalue weighted by Gasteiger charge is 2.30. The summed E-state index contributed by atoms with van der Waals surface area (Å²) in [6, 6.07) is 12.2. The molecule has 0 amide bonds. The predicted molar refractivity (Wildman–Crippen MR) is 146 cm³/mol. The second-order valence-electron chi connectivity index (χ2n) is 9.69. The Morgan fingerprint density at radius 3 is 2.64 bits per heavy atom. The van der Waals surface area contributed by atoms with Crippen LogP contribution in [0.4, 0.5) is 4.39 Å². The van der Waals surface area contributed by atoms with E-state index < -0.39 is 18.0 Å². The molecule has 2 aromatic carbocycles. The van der Waals surface area contributed by atoms with Gasteiger partial charge in [-0.25, -0.2) is 9.37 Å². The normalized spacial score (nSPS) is 17.6. The molecule has 1 aliphatic heterocycles. The van der Waals surface area contributed by atoms with Crippen LogP contribution < -0.4 is 9.47 Å². The molecule has 1 N–H and O–H groups in total. The number of hydrogen-bond donors (Lipinski definition) is 1. The average molecular weight is 550 g/mol. The van der Waals surface area contributed by atoms with Crippen LogP contribution in [0.15, 0.2) is 48.7 Å². The van der Waals surface area contributed by atoms with Crippen LogP contribution in [0.2, 0.25) is 5.02 Å². The molecule has 0 saturated carbocycles. The molecule has 0 unspecified atom stereocenters. The molecule has 3 aromatic rings. The van der Waals surface area contributed by atoms with Gasteiger partial charge in [-0.2, -0.15) is 0 Å². The van der Waals surface area contributed by atoms with Crippen LogP contribution >= 0.6 is 11.6 Å². The monoisotopic (exact) mass is 549 g/mol. The highest BCUT2D eigenvalue weighted by Crippen LogP contribution is 2.42. The van der Waals surface area contributed by atoms with Gasteiger partial charge in [0, 0.05) is 30.2 Å². The Bertz CT molecular complexity index is 1410. The molecule has 1 fully saturated rings. The number of carboxylic acids is 1. The van der Waals surface area contributed by atoms with Gasteiger partial charge in [0.15, 0.2) is 0 Å². The molecule has 8 heteroatoms. The molecule has 1 aromatic heterocycles. The van der Waals surface area contributed by atoms with Gasteiger partial charge in [-0.05, 0) is 60.7 Å². The van der Waals surface area contributed by atoms with E-state index >= 15 is 4.39 Å². The molecule has 39 heavy (non-hydrogen) atoms. The number of hydrogen-bond acceptors (Lipinski definition) is 5. The molecule has 0 radical (unpaired) electrons. The van der Waals surface area contributed by atoms with Crippen molar-refractivity contribution in [3.05, 3.63) is 76.2 Å². The quantitative estimate of drug-likeness (QED) is 0.313. The van der Waals surface area contributed by atoms with Crippen molar-refractivity contribution in [2.24, 2.45) is 0 Å².